The molecule has 1 nitrogen and oxygen atoms in total. The molecule has 12 heteroatoms. The number of rotatable bonds is 7. The van der Waals surface area contributed by atoms with Crippen LogP contribution in [-0.4, -0.2) is 30.2 Å². The van der Waals surface area contributed by atoms with Crippen LogP contribution in [0.3, 0.4) is 0 Å². The third-order valence-electron chi connectivity index (χ3n) is 2.44. The highest BCUT2D eigenvalue weighted by atomic mass is 19.4. The zero-order valence-corrected chi connectivity index (χ0v) is 11.3. The van der Waals surface area contributed by atoms with Crippen LogP contribution in [0.5, 0.6) is 0 Å². The van der Waals surface area contributed by atoms with Crippen LogP contribution >= 0.6 is 0 Å². The van der Waals surface area contributed by atoms with Gasteiger partial charge in [-0.15, -0.1) is 0 Å². The van der Waals surface area contributed by atoms with E-state index >= 15 is 0 Å². The molecule has 0 aliphatic heterocycles. The Morgan fingerprint density at radius 1 is 0.783 bits per heavy atom. The fourth-order valence-electron chi connectivity index (χ4n) is 1.16. The van der Waals surface area contributed by atoms with Gasteiger partial charge in [0.1, 0.15) is 0 Å². The third kappa shape index (κ3) is 4.95. The minimum absolute atomic E-state index is 0.194. The maximum atomic E-state index is 13.5. The maximum absolute atomic E-state index is 13.5. The normalized spacial score (nSPS) is 17.6. The molecule has 1 atom stereocenters. The van der Waals surface area contributed by atoms with Gasteiger partial charge in [0.05, 0.1) is 0 Å². The SMILES string of the molecule is CCCC/C=C\[C@@](F)(OC(F)(F)C(F)(F)C(F)(F)F)C(F)(F)F. The van der Waals surface area contributed by atoms with Crippen molar-refractivity contribution >= 4 is 0 Å². The van der Waals surface area contributed by atoms with Gasteiger partial charge in [-0.25, -0.2) is 0 Å². The van der Waals surface area contributed by atoms with Crippen molar-refractivity contribution in [3.63, 3.8) is 0 Å². The van der Waals surface area contributed by atoms with Crippen molar-refractivity contribution in [1.29, 1.82) is 0 Å². The first-order valence-electron chi connectivity index (χ1n) is 5.97. The van der Waals surface area contributed by atoms with Gasteiger partial charge < -0.3 is 0 Å². The molecule has 0 unspecified atom stereocenters. The summed E-state index contributed by atoms with van der Waals surface area (Å²) in [6.07, 6.45) is -20.0. The number of halogens is 11. The van der Waals surface area contributed by atoms with Crippen molar-refractivity contribution in [2.24, 2.45) is 0 Å². The third-order valence-corrected chi connectivity index (χ3v) is 2.44. The number of allylic oxidation sites excluding steroid dienone is 1. The van der Waals surface area contributed by atoms with Crippen LogP contribution in [0.15, 0.2) is 12.2 Å². The molecular weight excluding hydrogens is 357 g/mol. The van der Waals surface area contributed by atoms with Gasteiger partial charge in [0.2, 0.25) is 0 Å². The number of hydrogen-bond acceptors (Lipinski definition) is 1. The van der Waals surface area contributed by atoms with Gasteiger partial charge >= 0.3 is 30.2 Å². The predicted octanol–water partition coefficient (Wildman–Crippen LogP) is 5.77. The summed E-state index contributed by atoms with van der Waals surface area (Å²) < 4.78 is 139. The molecule has 0 amide bonds. The molecule has 0 aliphatic rings. The molecule has 0 saturated carbocycles. The molecule has 0 aromatic heterocycles. The van der Waals surface area contributed by atoms with Crippen LogP contribution in [-0.2, 0) is 4.74 Å². The van der Waals surface area contributed by atoms with E-state index in [-0.39, 0.29) is 12.8 Å². The smallest absolute Gasteiger partial charge is 0.266 e. The van der Waals surface area contributed by atoms with Crippen molar-refractivity contribution in [2.45, 2.75) is 56.4 Å². The molecule has 0 aromatic carbocycles. The molecule has 0 spiro atoms. The molecule has 0 saturated heterocycles. The predicted molar refractivity (Wildman–Crippen MR) is 55.6 cm³/mol. The molecule has 0 aliphatic carbocycles. The Bertz CT molecular complexity index is 409. The summed E-state index contributed by atoms with van der Waals surface area (Å²) in [5, 5.41) is 0. The van der Waals surface area contributed by atoms with Crippen LogP contribution in [0.2, 0.25) is 0 Å². The fraction of sp³-hybridized carbons (Fsp3) is 0.818. The van der Waals surface area contributed by atoms with Gasteiger partial charge in [-0.1, -0.05) is 25.8 Å². The van der Waals surface area contributed by atoms with E-state index in [4.69, 9.17) is 0 Å². The number of ether oxygens (including phenoxy) is 1. The topological polar surface area (TPSA) is 9.23 Å². The van der Waals surface area contributed by atoms with E-state index < -0.39 is 36.3 Å². The zero-order chi connectivity index (χ0) is 18.7. The number of hydrogen-bond donors (Lipinski definition) is 0. The summed E-state index contributed by atoms with van der Waals surface area (Å²) in [5.74, 6) is -12.5. The second kappa shape index (κ2) is 6.81. The Morgan fingerprint density at radius 2 is 1.26 bits per heavy atom. The Labute approximate surface area is 123 Å². The van der Waals surface area contributed by atoms with Gasteiger partial charge in [-0.3, -0.25) is 4.74 Å². The quantitative estimate of drug-likeness (QED) is 0.315. The summed E-state index contributed by atoms with van der Waals surface area (Å²) in [5.41, 5.74) is 0. The van der Waals surface area contributed by atoms with E-state index in [0.29, 0.717) is 12.5 Å². The lowest BCUT2D eigenvalue weighted by molar-refractivity contribution is -0.473. The lowest BCUT2D eigenvalue weighted by atomic mass is 10.2. The van der Waals surface area contributed by atoms with E-state index in [9.17, 15) is 48.3 Å². The second-order valence-corrected chi connectivity index (χ2v) is 4.38. The first-order chi connectivity index (χ1) is 10.0. The fourth-order valence-corrected chi connectivity index (χ4v) is 1.16. The van der Waals surface area contributed by atoms with Crippen LogP contribution in [0, 0.1) is 0 Å². The van der Waals surface area contributed by atoms with Gasteiger partial charge in [-0.2, -0.15) is 48.3 Å². The lowest BCUT2D eigenvalue weighted by Gasteiger charge is -2.33. The monoisotopic (exact) mass is 368 g/mol. The molecule has 0 fully saturated rings. The minimum atomic E-state index is -7.03. The van der Waals surface area contributed by atoms with E-state index in [0.717, 1.165) is 0 Å². The van der Waals surface area contributed by atoms with Crippen LogP contribution < -0.4 is 0 Å². The largest absolute Gasteiger partial charge is 0.462 e. The van der Waals surface area contributed by atoms with Gasteiger partial charge in [-0.05, 0) is 12.5 Å². The summed E-state index contributed by atoms with van der Waals surface area (Å²) in [6.45, 7) is 1.58. The first kappa shape index (κ1) is 21.9. The summed E-state index contributed by atoms with van der Waals surface area (Å²) in [7, 11) is 0. The van der Waals surface area contributed by atoms with Crippen molar-refractivity contribution in [3.8, 4) is 0 Å². The molecule has 0 radical (unpaired) electrons. The molecular formula is C11H11F11O. The summed E-state index contributed by atoms with van der Waals surface area (Å²) >= 11 is 0. The lowest BCUT2D eigenvalue weighted by Crippen LogP contribution is -2.58. The molecule has 0 heterocycles. The highest BCUT2D eigenvalue weighted by Crippen LogP contribution is 2.51. The molecule has 23 heavy (non-hydrogen) atoms. The van der Waals surface area contributed by atoms with Crippen molar-refractivity contribution in [2.75, 3.05) is 0 Å². The second-order valence-electron chi connectivity index (χ2n) is 4.38. The standard InChI is InChI=1S/C11H11F11O/c1-2-3-4-5-6-7(12,9(15,16)17)23-11(21,22)8(13,14)10(18,19)20/h5-6H,2-4H2,1H3/b6-5-/t7-/m1/s1. The Morgan fingerprint density at radius 3 is 1.61 bits per heavy atom. The molecule has 0 aromatic rings. The van der Waals surface area contributed by atoms with Gasteiger partial charge in [0, 0.05) is 0 Å². The first-order valence-corrected chi connectivity index (χ1v) is 5.97. The minimum Gasteiger partial charge on any atom is -0.266 e. The Kier molecular flexibility index (Phi) is 6.50. The van der Waals surface area contributed by atoms with E-state index in [1.54, 1.807) is 6.92 Å². The Balaban J connectivity index is 5.60. The van der Waals surface area contributed by atoms with Crippen molar-refractivity contribution in [1.82, 2.24) is 0 Å². The Hall–Kier alpha value is -1.07. The molecule has 0 rings (SSSR count). The van der Waals surface area contributed by atoms with Crippen LogP contribution in [0.25, 0.3) is 0 Å². The van der Waals surface area contributed by atoms with E-state index in [2.05, 4.69) is 4.74 Å². The molecule has 138 valence electrons. The summed E-state index contributed by atoms with van der Waals surface area (Å²) in [4.78, 5) is 0. The highest BCUT2D eigenvalue weighted by Gasteiger charge is 2.77. The number of alkyl halides is 11. The maximum Gasteiger partial charge on any atom is 0.462 e. The van der Waals surface area contributed by atoms with E-state index in [1.165, 1.54) is 0 Å². The van der Waals surface area contributed by atoms with Crippen molar-refractivity contribution < 1.29 is 53.0 Å². The van der Waals surface area contributed by atoms with Crippen LogP contribution in [0.1, 0.15) is 26.2 Å². The average Bonchev–Trinajstić information content (AvgIpc) is 2.31. The zero-order valence-electron chi connectivity index (χ0n) is 11.3. The van der Waals surface area contributed by atoms with Gasteiger partial charge in [0.25, 0.3) is 0 Å². The number of unbranched alkanes of at least 4 members (excludes halogenated alkanes) is 2. The average molecular weight is 368 g/mol. The summed E-state index contributed by atoms with van der Waals surface area (Å²) in [6, 6.07) is 0. The highest BCUT2D eigenvalue weighted by molar-refractivity contribution is 5.02. The van der Waals surface area contributed by atoms with E-state index in [1.807, 2.05) is 0 Å². The van der Waals surface area contributed by atoms with Crippen LogP contribution in [0.4, 0.5) is 48.3 Å². The van der Waals surface area contributed by atoms with Crippen molar-refractivity contribution in [3.05, 3.63) is 12.2 Å². The molecule has 0 N–H and O–H groups in total. The molecule has 0 bridgehead atoms. The van der Waals surface area contributed by atoms with Gasteiger partial charge in [0.15, 0.2) is 0 Å².